The molecule has 3 aliphatic rings. The summed E-state index contributed by atoms with van der Waals surface area (Å²) < 4.78 is 1.17. The van der Waals surface area contributed by atoms with Crippen molar-refractivity contribution in [2.24, 2.45) is 5.73 Å². The standard InChI is InChI=1S/C32H35N3O2.C14H16INO.C14H15N3O/c1-23-21-35(22-24-13-15-25(16-14-24)31(36)19-26-9-3-6-12-29(26)33)30(28-11-5-4-10-27(23)28)20-32(37)34-17-7-2-8-18-34;15-13-7-3-2-6-12(13)8-9-14(17)16-10-4-1-5-11-16;15-9-10-5-7-11(8-6-10)14(18)17-13-4-2-1-3-12(13)16/h3-6,9-16,30H,1-2,7-8,17-22,33H2;2-3,6-9H,1,4-5,10-11H2;1-8H,9,15-16H2,(H,17,18)/b;9-8+;. The van der Waals surface area contributed by atoms with Crippen molar-refractivity contribution in [2.45, 2.75) is 70.5 Å². The number of benzene rings is 6. The number of para-hydroxylation sites is 3. The van der Waals surface area contributed by atoms with Gasteiger partial charge in [0.1, 0.15) is 0 Å². The third kappa shape index (κ3) is 14.8. The molecule has 0 aliphatic carbocycles. The topological polar surface area (TPSA) is 168 Å². The van der Waals surface area contributed by atoms with Crippen LogP contribution in [0.25, 0.3) is 11.6 Å². The summed E-state index contributed by atoms with van der Waals surface area (Å²) in [7, 11) is 0. The van der Waals surface area contributed by atoms with Crippen LogP contribution < -0.4 is 22.5 Å². The number of fused-ring (bicyclic) bond motifs is 1. The molecular formula is C60H66IN7O4. The zero-order chi connectivity index (χ0) is 50.8. The van der Waals surface area contributed by atoms with Gasteiger partial charge in [0.05, 0.1) is 11.4 Å². The average molecular weight is 1080 g/mol. The van der Waals surface area contributed by atoms with Crippen molar-refractivity contribution in [3.63, 3.8) is 0 Å². The third-order valence-corrected chi connectivity index (χ3v) is 14.3. The van der Waals surface area contributed by atoms with Crippen molar-refractivity contribution in [2.75, 3.05) is 49.5 Å². The van der Waals surface area contributed by atoms with Crippen LogP contribution in [0.5, 0.6) is 0 Å². The van der Waals surface area contributed by atoms with Gasteiger partial charge in [0.25, 0.3) is 5.91 Å². The molecule has 3 aliphatic heterocycles. The minimum absolute atomic E-state index is 0.00140. The number of nitrogens with two attached hydrogens (primary N) is 3. The lowest BCUT2D eigenvalue weighted by Gasteiger charge is -2.39. The molecule has 0 aromatic heterocycles. The monoisotopic (exact) mass is 1080 g/mol. The molecule has 12 heteroatoms. The largest absolute Gasteiger partial charge is 0.398 e. The summed E-state index contributed by atoms with van der Waals surface area (Å²) in [5.41, 5.74) is 27.8. The number of amides is 3. The molecule has 11 nitrogen and oxygen atoms in total. The zero-order valence-corrected chi connectivity index (χ0v) is 43.1. The second kappa shape index (κ2) is 26.5. The molecule has 9 rings (SSSR count). The first kappa shape index (κ1) is 52.9. The van der Waals surface area contributed by atoms with Crippen LogP contribution in [0.1, 0.15) is 105 Å². The summed E-state index contributed by atoms with van der Waals surface area (Å²) in [6.45, 7) is 9.76. The SMILES string of the molecule is C=C1CN(Cc2ccc(C(=O)Cc3ccccc3N)cc2)C(CC(=O)N2CCCCC2)c2ccccc21.NCc1ccc(C(=O)Nc2ccccc2N)cc1.O=C(/C=C/c1ccccc1I)N1CCCCC1. The van der Waals surface area contributed by atoms with E-state index in [1.54, 1.807) is 30.3 Å². The first-order valence-electron chi connectivity index (χ1n) is 24.9. The smallest absolute Gasteiger partial charge is 0.255 e. The number of halogens is 1. The molecule has 6 aromatic carbocycles. The number of piperidine rings is 2. The third-order valence-electron chi connectivity index (χ3n) is 13.3. The molecule has 3 heterocycles. The van der Waals surface area contributed by atoms with E-state index in [0.717, 1.165) is 85.3 Å². The number of anilines is 3. The molecule has 0 saturated carbocycles. The number of carbonyl (C=O) groups is 4. The van der Waals surface area contributed by atoms with Crippen molar-refractivity contribution in [3.8, 4) is 0 Å². The van der Waals surface area contributed by atoms with E-state index in [2.05, 4.69) is 51.5 Å². The van der Waals surface area contributed by atoms with Crippen LogP contribution in [0.3, 0.4) is 0 Å². The molecule has 72 heavy (non-hydrogen) atoms. The van der Waals surface area contributed by atoms with Gasteiger partial charge in [-0.05, 0) is 143 Å². The first-order chi connectivity index (χ1) is 35.0. The minimum atomic E-state index is -0.184. The number of Topliss-reactive ketones (excluding diaryl/α,β-unsaturated/α-hetero) is 1. The first-order valence-corrected chi connectivity index (χ1v) is 26.0. The lowest BCUT2D eigenvalue weighted by Crippen LogP contribution is -2.41. The van der Waals surface area contributed by atoms with Crippen LogP contribution in [-0.2, 0) is 29.1 Å². The highest BCUT2D eigenvalue weighted by Gasteiger charge is 2.32. The van der Waals surface area contributed by atoms with Crippen molar-refractivity contribution in [1.29, 1.82) is 0 Å². The van der Waals surface area contributed by atoms with E-state index >= 15 is 0 Å². The van der Waals surface area contributed by atoms with E-state index in [4.69, 9.17) is 17.2 Å². The number of rotatable bonds is 12. The van der Waals surface area contributed by atoms with Crippen LogP contribution in [0.15, 0.2) is 158 Å². The number of ketones is 1. The van der Waals surface area contributed by atoms with E-state index in [-0.39, 0.29) is 36.0 Å². The van der Waals surface area contributed by atoms with E-state index in [0.29, 0.717) is 54.2 Å². The summed E-state index contributed by atoms with van der Waals surface area (Å²) in [5, 5.41) is 2.77. The Kier molecular flexibility index (Phi) is 19.5. The maximum absolute atomic E-state index is 13.3. The number of hydrogen-bond acceptors (Lipinski definition) is 8. The Morgan fingerprint density at radius 2 is 1.24 bits per heavy atom. The average Bonchev–Trinajstić information content (AvgIpc) is 3.41. The van der Waals surface area contributed by atoms with E-state index in [9.17, 15) is 19.2 Å². The van der Waals surface area contributed by atoms with Crippen molar-refractivity contribution in [3.05, 3.63) is 206 Å². The van der Waals surface area contributed by atoms with Gasteiger partial charge in [-0.3, -0.25) is 24.1 Å². The van der Waals surface area contributed by atoms with Gasteiger partial charge in [0.2, 0.25) is 11.8 Å². The van der Waals surface area contributed by atoms with E-state index in [1.165, 1.54) is 22.0 Å². The quantitative estimate of drug-likeness (QED) is 0.0406. The Balaban J connectivity index is 0.000000180. The van der Waals surface area contributed by atoms with E-state index in [1.807, 2.05) is 125 Å². The van der Waals surface area contributed by atoms with Crippen LogP contribution in [0, 0.1) is 3.57 Å². The van der Waals surface area contributed by atoms with E-state index < -0.39 is 0 Å². The number of nitrogens with one attached hydrogen (secondary N) is 1. The molecular weight excluding hydrogens is 1010 g/mol. The highest BCUT2D eigenvalue weighted by molar-refractivity contribution is 14.1. The predicted molar refractivity (Wildman–Crippen MR) is 301 cm³/mol. The normalized spacial score (nSPS) is 15.6. The molecule has 2 saturated heterocycles. The molecule has 3 amide bonds. The van der Waals surface area contributed by atoms with Gasteiger partial charge in [-0.25, -0.2) is 0 Å². The lowest BCUT2D eigenvalue weighted by atomic mass is 9.87. The van der Waals surface area contributed by atoms with Crippen molar-refractivity contribution in [1.82, 2.24) is 14.7 Å². The molecule has 1 unspecified atom stereocenters. The lowest BCUT2D eigenvalue weighted by molar-refractivity contribution is -0.133. The Hall–Kier alpha value is -6.87. The fraction of sp³-hybridized carbons (Fsp3) is 0.267. The second-order valence-electron chi connectivity index (χ2n) is 18.4. The van der Waals surface area contributed by atoms with Gasteiger partial charge < -0.3 is 32.3 Å². The molecule has 0 bridgehead atoms. The highest BCUT2D eigenvalue weighted by atomic mass is 127. The second-order valence-corrected chi connectivity index (χ2v) is 19.6. The number of nitrogen functional groups attached to an aromatic ring is 2. The Morgan fingerprint density at radius 3 is 1.90 bits per heavy atom. The van der Waals surface area contributed by atoms with Gasteiger partial charge in [-0.15, -0.1) is 0 Å². The summed E-state index contributed by atoms with van der Waals surface area (Å²) in [4.78, 5) is 56.3. The summed E-state index contributed by atoms with van der Waals surface area (Å²) in [6, 6.07) is 46.1. The number of likely N-dealkylation sites (tertiary alicyclic amines) is 2. The number of nitrogens with zero attached hydrogens (tertiary/aromatic N) is 3. The van der Waals surface area contributed by atoms with Gasteiger partial charge in [0, 0.05) is 91.2 Å². The Labute approximate surface area is 438 Å². The maximum atomic E-state index is 13.3. The molecule has 372 valence electrons. The molecule has 7 N–H and O–H groups in total. The molecule has 1 atom stereocenters. The fourth-order valence-electron chi connectivity index (χ4n) is 9.18. The van der Waals surface area contributed by atoms with Crippen LogP contribution in [0.2, 0.25) is 0 Å². The number of carbonyl (C=O) groups excluding carboxylic acids is 4. The molecule has 0 spiro atoms. The Bertz CT molecular complexity index is 2830. The van der Waals surface area contributed by atoms with Gasteiger partial charge in [-0.2, -0.15) is 0 Å². The Morgan fingerprint density at radius 1 is 0.653 bits per heavy atom. The van der Waals surface area contributed by atoms with Gasteiger partial charge >= 0.3 is 0 Å². The number of hydrogen-bond donors (Lipinski definition) is 4. The van der Waals surface area contributed by atoms with Crippen molar-refractivity contribution >= 4 is 74.8 Å². The molecule has 6 aromatic rings. The van der Waals surface area contributed by atoms with Gasteiger partial charge in [0.15, 0.2) is 5.78 Å². The highest BCUT2D eigenvalue weighted by Crippen LogP contribution is 2.38. The van der Waals surface area contributed by atoms with Crippen LogP contribution >= 0.6 is 22.6 Å². The minimum Gasteiger partial charge on any atom is -0.398 e. The zero-order valence-electron chi connectivity index (χ0n) is 41.0. The molecule has 2 fully saturated rings. The van der Waals surface area contributed by atoms with Crippen LogP contribution in [-0.4, -0.2) is 70.9 Å². The fourth-order valence-corrected chi connectivity index (χ4v) is 9.75. The predicted octanol–water partition coefficient (Wildman–Crippen LogP) is 11.0. The van der Waals surface area contributed by atoms with Gasteiger partial charge in [-0.1, -0.05) is 116 Å². The van der Waals surface area contributed by atoms with Crippen LogP contribution in [0.4, 0.5) is 17.1 Å². The summed E-state index contributed by atoms with van der Waals surface area (Å²) in [5.74, 6) is 0.244. The summed E-state index contributed by atoms with van der Waals surface area (Å²) >= 11 is 2.29. The molecule has 0 radical (unpaired) electrons. The van der Waals surface area contributed by atoms with Crippen molar-refractivity contribution < 1.29 is 19.2 Å². The maximum Gasteiger partial charge on any atom is 0.255 e. The summed E-state index contributed by atoms with van der Waals surface area (Å²) in [6.07, 6.45) is 11.3.